The number of hydrogen-bond donors (Lipinski definition) is 0. The molecule has 1 aromatic carbocycles. The standard InChI is InChI=1S/C16H13ClN2O4/c17-12-5-3-11(4-6-12)16-18-14(23-19-16)10-22-15(20)8-7-13-2-1-9-21-13/h1-6,9H,7-8,10H2. The average Bonchev–Trinajstić information content (AvgIpc) is 3.23. The number of ether oxygens (including phenoxy) is 1. The van der Waals surface area contributed by atoms with E-state index in [2.05, 4.69) is 10.1 Å². The fourth-order valence-electron chi connectivity index (χ4n) is 1.92. The Bertz CT molecular complexity index is 766. The lowest BCUT2D eigenvalue weighted by molar-refractivity contribution is -0.145. The number of carbonyl (C=O) groups excluding carboxylic acids is 1. The normalized spacial score (nSPS) is 10.7. The first-order chi connectivity index (χ1) is 11.2. The number of nitrogens with zero attached hydrogens (tertiary/aromatic N) is 2. The van der Waals surface area contributed by atoms with E-state index in [0.29, 0.717) is 17.3 Å². The first-order valence-electron chi connectivity index (χ1n) is 6.97. The van der Waals surface area contributed by atoms with E-state index in [1.54, 1.807) is 36.6 Å². The largest absolute Gasteiger partial charge is 0.469 e. The number of aryl methyl sites for hydroxylation is 1. The van der Waals surface area contributed by atoms with Gasteiger partial charge in [0.05, 0.1) is 12.7 Å². The highest BCUT2D eigenvalue weighted by atomic mass is 35.5. The minimum Gasteiger partial charge on any atom is -0.469 e. The molecule has 0 spiro atoms. The quantitative estimate of drug-likeness (QED) is 0.641. The van der Waals surface area contributed by atoms with Gasteiger partial charge >= 0.3 is 5.97 Å². The van der Waals surface area contributed by atoms with E-state index in [1.165, 1.54) is 0 Å². The summed E-state index contributed by atoms with van der Waals surface area (Å²) in [6, 6.07) is 10.6. The maximum Gasteiger partial charge on any atom is 0.306 e. The first-order valence-corrected chi connectivity index (χ1v) is 7.35. The van der Waals surface area contributed by atoms with Crippen molar-refractivity contribution in [1.29, 1.82) is 0 Å². The highest BCUT2D eigenvalue weighted by Crippen LogP contribution is 2.18. The van der Waals surface area contributed by atoms with Gasteiger partial charge in [0.25, 0.3) is 5.89 Å². The van der Waals surface area contributed by atoms with Crippen LogP contribution in [-0.4, -0.2) is 16.1 Å². The molecule has 3 aromatic rings. The molecule has 2 heterocycles. The van der Waals surface area contributed by atoms with Crippen LogP contribution in [0.2, 0.25) is 5.02 Å². The third kappa shape index (κ3) is 4.20. The molecule has 2 aromatic heterocycles. The summed E-state index contributed by atoms with van der Waals surface area (Å²) < 4.78 is 15.3. The van der Waals surface area contributed by atoms with Crippen molar-refractivity contribution in [3.63, 3.8) is 0 Å². The lowest BCUT2D eigenvalue weighted by Crippen LogP contribution is -2.05. The Morgan fingerprint density at radius 1 is 1.22 bits per heavy atom. The molecule has 0 saturated heterocycles. The molecule has 7 heteroatoms. The van der Waals surface area contributed by atoms with Gasteiger partial charge in [-0.25, -0.2) is 0 Å². The lowest BCUT2D eigenvalue weighted by Gasteiger charge is -2.00. The van der Waals surface area contributed by atoms with Gasteiger partial charge in [0.1, 0.15) is 5.76 Å². The van der Waals surface area contributed by atoms with Gasteiger partial charge in [0.2, 0.25) is 5.82 Å². The van der Waals surface area contributed by atoms with Gasteiger partial charge in [-0.1, -0.05) is 16.8 Å². The molecule has 0 amide bonds. The molecule has 0 aliphatic heterocycles. The first kappa shape index (κ1) is 15.3. The summed E-state index contributed by atoms with van der Waals surface area (Å²) in [5.74, 6) is 1.04. The smallest absolute Gasteiger partial charge is 0.306 e. The zero-order valence-corrected chi connectivity index (χ0v) is 12.8. The average molecular weight is 333 g/mol. The Kier molecular flexibility index (Phi) is 4.73. The van der Waals surface area contributed by atoms with Crippen molar-refractivity contribution in [1.82, 2.24) is 10.1 Å². The molecule has 0 aliphatic rings. The summed E-state index contributed by atoms with van der Waals surface area (Å²) >= 11 is 5.83. The number of carbonyl (C=O) groups is 1. The number of aromatic nitrogens is 2. The molecule has 0 radical (unpaired) electrons. The van der Waals surface area contributed by atoms with Crippen molar-refractivity contribution < 1.29 is 18.5 Å². The van der Waals surface area contributed by atoms with Crippen LogP contribution in [0.15, 0.2) is 51.6 Å². The minimum atomic E-state index is -0.354. The van der Waals surface area contributed by atoms with Gasteiger partial charge in [0, 0.05) is 17.0 Å². The second-order valence-electron chi connectivity index (χ2n) is 4.76. The van der Waals surface area contributed by atoms with Crippen molar-refractivity contribution in [3.8, 4) is 11.4 Å². The number of esters is 1. The molecule has 0 unspecified atom stereocenters. The van der Waals surface area contributed by atoms with Crippen LogP contribution in [0.1, 0.15) is 18.1 Å². The number of furan rings is 1. The van der Waals surface area contributed by atoms with Gasteiger partial charge in [0.15, 0.2) is 6.61 Å². The van der Waals surface area contributed by atoms with E-state index in [0.717, 1.165) is 11.3 Å². The molecule has 0 fully saturated rings. The van der Waals surface area contributed by atoms with E-state index in [-0.39, 0.29) is 24.9 Å². The van der Waals surface area contributed by atoms with Crippen LogP contribution >= 0.6 is 11.6 Å². The fraction of sp³-hybridized carbons (Fsp3) is 0.188. The molecule has 23 heavy (non-hydrogen) atoms. The van der Waals surface area contributed by atoms with Crippen LogP contribution in [0, 0.1) is 0 Å². The third-order valence-corrected chi connectivity index (χ3v) is 3.33. The van der Waals surface area contributed by atoms with Gasteiger partial charge in [-0.05, 0) is 36.4 Å². The Morgan fingerprint density at radius 2 is 2.04 bits per heavy atom. The molecule has 118 valence electrons. The number of rotatable bonds is 6. The number of benzene rings is 1. The van der Waals surface area contributed by atoms with Crippen LogP contribution in [-0.2, 0) is 22.6 Å². The Labute approximate surface area is 137 Å². The predicted molar refractivity (Wildman–Crippen MR) is 81.6 cm³/mol. The lowest BCUT2D eigenvalue weighted by atomic mass is 10.2. The Morgan fingerprint density at radius 3 is 2.78 bits per heavy atom. The van der Waals surface area contributed by atoms with Gasteiger partial charge in [-0.15, -0.1) is 0 Å². The molecule has 0 N–H and O–H groups in total. The summed E-state index contributed by atoms with van der Waals surface area (Å²) in [5, 5.41) is 4.47. The maximum absolute atomic E-state index is 11.7. The van der Waals surface area contributed by atoms with Gasteiger partial charge in [-0.2, -0.15) is 4.98 Å². The Balaban J connectivity index is 1.50. The zero-order valence-electron chi connectivity index (χ0n) is 12.1. The summed E-state index contributed by atoms with van der Waals surface area (Å²) in [7, 11) is 0. The van der Waals surface area contributed by atoms with Crippen LogP contribution in [0.25, 0.3) is 11.4 Å². The van der Waals surface area contributed by atoms with Crippen LogP contribution in [0.4, 0.5) is 0 Å². The van der Waals surface area contributed by atoms with Gasteiger partial charge in [-0.3, -0.25) is 4.79 Å². The summed E-state index contributed by atoms with van der Waals surface area (Å²) in [4.78, 5) is 15.8. The van der Waals surface area contributed by atoms with E-state index in [4.69, 9.17) is 25.3 Å². The van der Waals surface area contributed by atoms with Crippen molar-refractivity contribution in [2.75, 3.05) is 0 Å². The summed E-state index contributed by atoms with van der Waals surface area (Å²) in [5.41, 5.74) is 0.772. The van der Waals surface area contributed by atoms with Gasteiger partial charge < -0.3 is 13.7 Å². The van der Waals surface area contributed by atoms with Crippen LogP contribution in [0.3, 0.4) is 0 Å². The van der Waals surface area contributed by atoms with E-state index in [9.17, 15) is 4.79 Å². The van der Waals surface area contributed by atoms with E-state index < -0.39 is 0 Å². The maximum atomic E-state index is 11.7. The van der Waals surface area contributed by atoms with Crippen molar-refractivity contribution in [3.05, 3.63) is 59.3 Å². The highest BCUT2D eigenvalue weighted by molar-refractivity contribution is 6.30. The monoisotopic (exact) mass is 332 g/mol. The van der Waals surface area contributed by atoms with E-state index >= 15 is 0 Å². The number of halogens is 1. The molecule has 6 nitrogen and oxygen atoms in total. The molecule has 0 saturated carbocycles. The summed E-state index contributed by atoms with van der Waals surface area (Å²) in [6.45, 7) is -0.0580. The third-order valence-electron chi connectivity index (χ3n) is 3.08. The Hall–Kier alpha value is -2.60. The molecule has 3 rings (SSSR count). The second kappa shape index (κ2) is 7.11. The van der Waals surface area contributed by atoms with Crippen molar-refractivity contribution in [2.24, 2.45) is 0 Å². The molecular weight excluding hydrogens is 320 g/mol. The topological polar surface area (TPSA) is 78.4 Å². The van der Waals surface area contributed by atoms with E-state index in [1.807, 2.05) is 6.07 Å². The molecule has 0 atom stereocenters. The SMILES string of the molecule is O=C(CCc1ccco1)OCc1nc(-c2ccc(Cl)cc2)no1. The molecular formula is C16H13ClN2O4. The predicted octanol–water partition coefficient (Wildman–Crippen LogP) is 3.66. The van der Waals surface area contributed by atoms with Crippen LogP contribution < -0.4 is 0 Å². The molecule has 0 aliphatic carbocycles. The fourth-order valence-corrected chi connectivity index (χ4v) is 2.05. The summed E-state index contributed by atoms with van der Waals surface area (Å²) in [6.07, 6.45) is 2.29. The van der Waals surface area contributed by atoms with Crippen molar-refractivity contribution >= 4 is 17.6 Å². The zero-order chi connectivity index (χ0) is 16.1. The number of hydrogen-bond acceptors (Lipinski definition) is 6. The second-order valence-corrected chi connectivity index (χ2v) is 5.20. The minimum absolute atomic E-state index is 0.0580. The van der Waals surface area contributed by atoms with Crippen molar-refractivity contribution in [2.45, 2.75) is 19.4 Å². The molecule has 0 bridgehead atoms. The van der Waals surface area contributed by atoms with Crippen LogP contribution in [0.5, 0.6) is 0 Å². The highest BCUT2D eigenvalue weighted by Gasteiger charge is 2.11.